The molecule has 0 unspecified atom stereocenters. The molecule has 0 bridgehead atoms. The Labute approximate surface area is 131 Å². The highest BCUT2D eigenvalue weighted by molar-refractivity contribution is 7.98. The van der Waals surface area contributed by atoms with Crippen LogP contribution in [0.25, 0.3) is 0 Å². The molecule has 0 radical (unpaired) electrons. The third-order valence-electron chi connectivity index (χ3n) is 2.73. The molecule has 21 heavy (non-hydrogen) atoms. The van der Waals surface area contributed by atoms with E-state index in [1.807, 2.05) is 47.8 Å². The lowest BCUT2D eigenvalue weighted by Crippen LogP contribution is -2.27. The predicted octanol–water partition coefficient (Wildman–Crippen LogP) is 3.81. The number of thioether (sulfide) groups is 1. The highest BCUT2D eigenvalue weighted by Crippen LogP contribution is 2.25. The van der Waals surface area contributed by atoms with Gasteiger partial charge in [-0.15, -0.1) is 11.3 Å². The van der Waals surface area contributed by atoms with Crippen LogP contribution in [-0.2, 0) is 5.75 Å². The summed E-state index contributed by atoms with van der Waals surface area (Å²) >= 11 is 3.05. The number of anilines is 2. The third-order valence-corrected chi connectivity index (χ3v) is 4.59. The molecule has 0 fully saturated rings. The maximum atomic E-state index is 11.6. The molecule has 0 amide bonds. The van der Waals surface area contributed by atoms with Gasteiger partial charge in [0.1, 0.15) is 0 Å². The Kier molecular flexibility index (Phi) is 4.37. The maximum absolute atomic E-state index is 11.6. The highest BCUT2D eigenvalue weighted by Gasteiger charge is 2.07. The van der Waals surface area contributed by atoms with E-state index < -0.39 is 0 Å². The second kappa shape index (κ2) is 6.60. The molecule has 0 aliphatic rings. The average molecular weight is 315 g/mol. The van der Waals surface area contributed by atoms with Gasteiger partial charge in [0.2, 0.25) is 0 Å². The molecule has 2 aromatic heterocycles. The molecule has 0 atom stereocenters. The molecule has 2 heterocycles. The number of pyridine rings is 1. The summed E-state index contributed by atoms with van der Waals surface area (Å²) in [5.41, 5.74) is 1.98. The molecule has 0 saturated heterocycles. The van der Waals surface area contributed by atoms with Crippen LogP contribution in [0.3, 0.4) is 0 Å². The van der Waals surface area contributed by atoms with E-state index in [1.54, 1.807) is 17.4 Å². The fourth-order valence-electron chi connectivity index (χ4n) is 1.75. The standard InChI is InChI=1S/C15H13N3OS2/c19-18-9-5-4-8-14(18)20-10-13-11-21-15(17-13)16-12-6-2-1-3-7-12/h1-9,11H,10H2,(H,16,17). The molecule has 0 aliphatic heterocycles. The number of nitrogens with one attached hydrogen (secondary N) is 1. The van der Waals surface area contributed by atoms with E-state index in [0.29, 0.717) is 10.8 Å². The first kappa shape index (κ1) is 13.9. The average Bonchev–Trinajstić information content (AvgIpc) is 2.95. The summed E-state index contributed by atoms with van der Waals surface area (Å²) in [6.07, 6.45) is 1.51. The van der Waals surface area contributed by atoms with Crippen LogP contribution in [0.1, 0.15) is 5.69 Å². The van der Waals surface area contributed by atoms with Crippen molar-refractivity contribution in [1.29, 1.82) is 0 Å². The molecule has 4 nitrogen and oxygen atoms in total. The van der Waals surface area contributed by atoms with E-state index in [-0.39, 0.29) is 0 Å². The Balaban J connectivity index is 1.62. The van der Waals surface area contributed by atoms with Crippen molar-refractivity contribution in [3.63, 3.8) is 0 Å². The molecule has 0 saturated carbocycles. The van der Waals surface area contributed by atoms with Crippen molar-refractivity contribution in [2.75, 3.05) is 5.32 Å². The van der Waals surface area contributed by atoms with Crippen molar-refractivity contribution in [3.05, 3.63) is 71.0 Å². The van der Waals surface area contributed by atoms with E-state index in [2.05, 4.69) is 10.3 Å². The first-order valence-electron chi connectivity index (χ1n) is 6.39. The normalized spacial score (nSPS) is 10.5. The summed E-state index contributed by atoms with van der Waals surface area (Å²) in [6.45, 7) is 0. The second-order valence-corrected chi connectivity index (χ2v) is 6.14. The van der Waals surface area contributed by atoms with Gasteiger partial charge in [-0.1, -0.05) is 18.2 Å². The van der Waals surface area contributed by atoms with E-state index in [0.717, 1.165) is 21.2 Å². The van der Waals surface area contributed by atoms with Crippen LogP contribution in [-0.4, -0.2) is 4.98 Å². The topological polar surface area (TPSA) is 51.9 Å². The monoisotopic (exact) mass is 315 g/mol. The molecular weight excluding hydrogens is 302 g/mol. The minimum absolute atomic E-state index is 0.680. The third kappa shape index (κ3) is 3.74. The zero-order valence-electron chi connectivity index (χ0n) is 11.1. The zero-order valence-corrected chi connectivity index (χ0v) is 12.7. The van der Waals surface area contributed by atoms with Gasteiger partial charge in [0, 0.05) is 29.0 Å². The Morgan fingerprint density at radius 2 is 1.95 bits per heavy atom. The summed E-state index contributed by atoms with van der Waals surface area (Å²) in [5.74, 6) is 0.680. The minimum Gasteiger partial charge on any atom is -0.618 e. The first-order chi connectivity index (χ1) is 10.3. The summed E-state index contributed by atoms with van der Waals surface area (Å²) < 4.78 is 0.875. The van der Waals surface area contributed by atoms with Crippen molar-refractivity contribution >= 4 is 33.9 Å². The molecule has 3 aromatic rings. The van der Waals surface area contributed by atoms with Crippen LogP contribution in [0.4, 0.5) is 10.8 Å². The van der Waals surface area contributed by atoms with Crippen molar-refractivity contribution < 1.29 is 4.73 Å². The van der Waals surface area contributed by atoms with Crippen LogP contribution in [0.2, 0.25) is 0 Å². The lowest BCUT2D eigenvalue weighted by Gasteiger charge is -2.02. The van der Waals surface area contributed by atoms with Gasteiger partial charge in [0.15, 0.2) is 11.3 Å². The van der Waals surface area contributed by atoms with E-state index in [4.69, 9.17) is 0 Å². The van der Waals surface area contributed by atoms with Crippen LogP contribution < -0.4 is 10.0 Å². The Morgan fingerprint density at radius 1 is 1.14 bits per heavy atom. The summed E-state index contributed by atoms with van der Waals surface area (Å²) in [7, 11) is 0. The first-order valence-corrected chi connectivity index (χ1v) is 8.25. The van der Waals surface area contributed by atoms with Crippen LogP contribution in [0.5, 0.6) is 0 Å². The SMILES string of the molecule is [O-][n+]1ccccc1SCc1csc(Nc2ccccc2)n1. The zero-order chi connectivity index (χ0) is 14.5. The fourth-order valence-corrected chi connectivity index (χ4v) is 3.39. The number of para-hydroxylation sites is 1. The van der Waals surface area contributed by atoms with Crippen molar-refractivity contribution in [2.24, 2.45) is 0 Å². The number of nitrogens with zero attached hydrogens (tertiary/aromatic N) is 2. The Hall–Kier alpha value is -2.05. The smallest absolute Gasteiger partial charge is 0.251 e. The summed E-state index contributed by atoms with van der Waals surface area (Å²) in [5, 5.41) is 18.4. The molecule has 106 valence electrons. The van der Waals surface area contributed by atoms with Gasteiger partial charge in [-0.3, -0.25) is 0 Å². The van der Waals surface area contributed by atoms with E-state index in [1.165, 1.54) is 18.0 Å². The Morgan fingerprint density at radius 3 is 2.76 bits per heavy atom. The van der Waals surface area contributed by atoms with Crippen LogP contribution in [0.15, 0.2) is 65.1 Å². The van der Waals surface area contributed by atoms with Crippen LogP contribution in [0, 0.1) is 5.21 Å². The summed E-state index contributed by atoms with van der Waals surface area (Å²) in [6, 6.07) is 15.3. The lowest BCUT2D eigenvalue weighted by molar-refractivity contribution is -0.645. The molecule has 1 N–H and O–H groups in total. The van der Waals surface area contributed by atoms with Crippen molar-refractivity contribution in [1.82, 2.24) is 4.98 Å². The van der Waals surface area contributed by atoms with Crippen molar-refractivity contribution in [3.8, 4) is 0 Å². The number of aromatic nitrogens is 2. The van der Waals surface area contributed by atoms with E-state index in [9.17, 15) is 5.21 Å². The van der Waals surface area contributed by atoms with Gasteiger partial charge in [0.25, 0.3) is 5.03 Å². The second-order valence-electron chi connectivity index (χ2n) is 4.29. The molecule has 6 heteroatoms. The van der Waals surface area contributed by atoms with Gasteiger partial charge in [0.05, 0.1) is 5.69 Å². The number of thiazole rings is 1. The van der Waals surface area contributed by atoms with E-state index >= 15 is 0 Å². The fraction of sp³-hybridized carbons (Fsp3) is 0.0667. The predicted molar refractivity (Wildman–Crippen MR) is 86.8 cm³/mol. The molecule has 1 aromatic carbocycles. The summed E-state index contributed by atoms with van der Waals surface area (Å²) in [4.78, 5) is 4.53. The van der Waals surface area contributed by atoms with Gasteiger partial charge in [-0.2, -0.15) is 4.73 Å². The molecule has 0 spiro atoms. The van der Waals surface area contributed by atoms with Crippen molar-refractivity contribution in [2.45, 2.75) is 10.8 Å². The Bertz CT molecular complexity index is 716. The maximum Gasteiger partial charge on any atom is 0.251 e. The largest absolute Gasteiger partial charge is 0.618 e. The molecule has 3 rings (SSSR count). The number of rotatable bonds is 5. The molecular formula is C15H13N3OS2. The number of benzene rings is 1. The number of hydrogen-bond acceptors (Lipinski definition) is 5. The minimum atomic E-state index is 0.680. The number of hydrogen-bond donors (Lipinski definition) is 1. The highest BCUT2D eigenvalue weighted by atomic mass is 32.2. The van der Waals surface area contributed by atoms with Gasteiger partial charge >= 0.3 is 0 Å². The van der Waals surface area contributed by atoms with Gasteiger partial charge < -0.3 is 10.5 Å². The lowest BCUT2D eigenvalue weighted by atomic mass is 10.3. The van der Waals surface area contributed by atoms with Gasteiger partial charge in [-0.25, -0.2) is 4.98 Å². The quantitative estimate of drug-likeness (QED) is 0.442. The molecule has 0 aliphatic carbocycles. The van der Waals surface area contributed by atoms with Crippen LogP contribution >= 0.6 is 23.1 Å². The van der Waals surface area contributed by atoms with Gasteiger partial charge in [-0.05, 0) is 30.0 Å².